The monoisotopic (exact) mass is 407 g/mol. The number of rotatable bonds is 5. The van der Waals surface area contributed by atoms with Crippen LogP contribution in [-0.2, 0) is 6.42 Å². The molecule has 0 aliphatic rings. The van der Waals surface area contributed by atoms with Gasteiger partial charge in [-0.3, -0.25) is 0 Å². The first-order valence-corrected chi connectivity index (χ1v) is 16.9. The molecule has 0 aromatic heterocycles. The van der Waals surface area contributed by atoms with Crippen LogP contribution in [0.3, 0.4) is 0 Å². The average molecular weight is 406 g/mol. The van der Waals surface area contributed by atoms with Crippen LogP contribution in [0.5, 0.6) is 11.5 Å². The van der Waals surface area contributed by atoms with E-state index >= 15 is 0 Å². The van der Waals surface area contributed by atoms with Crippen molar-refractivity contribution in [1.29, 1.82) is 0 Å². The first kappa shape index (κ1) is 19.1. The minimum absolute atomic E-state index is 0.0586. The van der Waals surface area contributed by atoms with Gasteiger partial charge >= 0.3 is 138 Å². The zero-order valence-electron chi connectivity index (χ0n) is 13.3. The van der Waals surface area contributed by atoms with Gasteiger partial charge in [0.1, 0.15) is 0 Å². The molecule has 5 nitrogen and oxygen atoms in total. The summed E-state index contributed by atoms with van der Waals surface area (Å²) in [5.74, 6) is -1.81. The Morgan fingerprint density at radius 2 is 1.59 bits per heavy atom. The Hall–Kier alpha value is -0.951. The van der Waals surface area contributed by atoms with E-state index in [0.717, 1.165) is 9.14 Å². The predicted octanol–water partition coefficient (Wildman–Crippen LogP) is 1.46. The van der Waals surface area contributed by atoms with Crippen molar-refractivity contribution < 1.29 is 19.1 Å². The molecule has 0 aliphatic heterocycles. The van der Waals surface area contributed by atoms with Crippen molar-refractivity contribution in [3.8, 4) is 11.5 Å². The number of hydrogen-bond acceptors (Lipinski definition) is 5. The third kappa shape index (κ3) is 5.68. The third-order valence-corrected chi connectivity index (χ3v) is 8.88. The van der Waals surface area contributed by atoms with Crippen molar-refractivity contribution in [2.45, 2.75) is 34.2 Å². The van der Waals surface area contributed by atoms with Crippen molar-refractivity contribution in [3.63, 3.8) is 0 Å². The fourth-order valence-electron chi connectivity index (χ4n) is 2.19. The van der Waals surface area contributed by atoms with Crippen LogP contribution in [0, 0.1) is 0 Å². The molecule has 2 N–H and O–H groups in total. The standard InChI is InChI=1S/C11H10B2NO4.3CH3.Sn/c1-6(14)4-7-2-3-8(17-10(12)15)9(5-7)18-11(13)16;;;;/h3,5-6H,4,14H2,1H3;3*1H3;. The molecule has 0 bridgehead atoms. The SMILES string of the molecule is [B]C(=O)Oc1cc(CC(C)N)[c]([Sn]([CH3])([CH3])[CH3])cc1OC([B])=O. The number of carbonyl (C=O) groups is 2. The second-order valence-corrected chi connectivity index (χ2v) is 20.6. The Bertz CT molecular complexity index is 585. The number of hydrogen-bond donors (Lipinski definition) is 1. The van der Waals surface area contributed by atoms with Crippen LogP contribution in [-0.4, -0.2) is 51.8 Å². The molecule has 8 heteroatoms. The second kappa shape index (κ2) is 7.55. The normalized spacial score (nSPS) is 12.6. The summed E-state index contributed by atoms with van der Waals surface area (Å²) in [4.78, 5) is 28.8. The summed E-state index contributed by atoms with van der Waals surface area (Å²) in [6.07, 6.45) is 0.621. The van der Waals surface area contributed by atoms with Crippen molar-refractivity contribution >= 4 is 49.4 Å². The summed E-state index contributed by atoms with van der Waals surface area (Å²) in [5, 5.41) is 0. The Kier molecular flexibility index (Phi) is 6.55. The topological polar surface area (TPSA) is 78.6 Å². The van der Waals surface area contributed by atoms with E-state index in [2.05, 4.69) is 14.8 Å². The summed E-state index contributed by atoms with van der Waals surface area (Å²) in [6.45, 7) is 1.89. The molecule has 1 aromatic carbocycles. The van der Waals surface area contributed by atoms with Gasteiger partial charge in [0, 0.05) is 0 Å². The van der Waals surface area contributed by atoms with Crippen LogP contribution < -0.4 is 18.8 Å². The minimum atomic E-state index is -2.53. The van der Waals surface area contributed by atoms with E-state index in [-0.39, 0.29) is 17.5 Å². The molecule has 0 amide bonds. The molecule has 1 aromatic rings. The molecule has 0 heterocycles. The van der Waals surface area contributed by atoms with Crippen molar-refractivity contribution in [2.75, 3.05) is 0 Å². The molecule has 4 radical (unpaired) electrons. The molecule has 0 spiro atoms. The van der Waals surface area contributed by atoms with E-state index in [1.807, 2.05) is 6.92 Å². The van der Waals surface area contributed by atoms with Crippen molar-refractivity contribution in [3.05, 3.63) is 17.7 Å². The van der Waals surface area contributed by atoms with Crippen LogP contribution in [0.2, 0.25) is 14.8 Å². The van der Waals surface area contributed by atoms with Crippen LogP contribution in [0.1, 0.15) is 12.5 Å². The molecule has 0 aliphatic carbocycles. The van der Waals surface area contributed by atoms with Crippen molar-refractivity contribution in [2.24, 2.45) is 5.73 Å². The summed E-state index contributed by atoms with van der Waals surface area (Å²) in [6, 6.07) is 3.32. The van der Waals surface area contributed by atoms with E-state index < -0.39 is 30.1 Å². The Morgan fingerprint density at radius 3 is 1.95 bits per heavy atom. The molecule has 0 saturated heterocycles. The van der Waals surface area contributed by atoms with Gasteiger partial charge in [-0.1, -0.05) is 0 Å². The Balaban J connectivity index is 3.48. The zero-order valence-corrected chi connectivity index (χ0v) is 16.2. The van der Waals surface area contributed by atoms with Crippen LogP contribution in [0.15, 0.2) is 12.1 Å². The maximum atomic E-state index is 11.1. The molecular formula is C14H19B2NO4Sn. The summed E-state index contributed by atoms with van der Waals surface area (Å²) in [5.41, 5.74) is 6.87. The molecule has 1 atom stereocenters. The molecule has 0 saturated carbocycles. The molecular weight excluding hydrogens is 386 g/mol. The number of ether oxygens (including phenoxy) is 2. The number of carbonyl (C=O) groups excluding carboxylic acids is 2. The zero-order chi connectivity index (χ0) is 17.1. The second-order valence-electron chi connectivity index (χ2n) is 6.23. The van der Waals surface area contributed by atoms with Gasteiger partial charge in [-0.2, -0.15) is 0 Å². The Morgan fingerprint density at radius 1 is 1.14 bits per heavy atom. The average Bonchev–Trinajstić information content (AvgIpc) is 2.28. The van der Waals surface area contributed by atoms with Crippen LogP contribution in [0.25, 0.3) is 0 Å². The van der Waals surface area contributed by atoms with Crippen molar-refractivity contribution in [1.82, 2.24) is 0 Å². The van der Waals surface area contributed by atoms with Gasteiger partial charge in [0.15, 0.2) is 0 Å². The van der Waals surface area contributed by atoms with E-state index in [9.17, 15) is 9.59 Å². The molecule has 114 valence electrons. The van der Waals surface area contributed by atoms with E-state index in [4.69, 9.17) is 30.9 Å². The van der Waals surface area contributed by atoms with Gasteiger partial charge in [0.25, 0.3) is 0 Å². The first-order valence-electron chi connectivity index (χ1n) is 6.88. The number of nitrogens with two attached hydrogens (primary N) is 1. The van der Waals surface area contributed by atoms with Gasteiger partial charge in [0.2, 0.25) is 0 Å². The summed E-state index contributed by atoms with van der Waals surface area (Å²) in [7, 11) is 10.1. The molecule has 22 heavy (non-hydrogen) atoms. The van der Waals surface area contributed by atoms with Gasteiger partial charge in [-0.15, -0.1) is 0 Å². The fourth-order valence-corrected chi connectivity index (χ4v) is 7.05. The first-order chi connectivity index (χ1) is 10.0. The van der Waals surface area contributed by atoms with Gasteiger partial charge in [0.05, 0.1) is 0 Å². The quantitative estimate of drug-likeness (QED) is 0.750. The predicted molar refractivity (Wildman–Crippen MR) is 90.3 cm³/mol. The van der Waals surface area contributed by atoms with E-state index in [1.54, 1.807) is 12.1 Å². The van der Waals surface area contributed by atoms with Gasteiger partial charge in [-0.25, -0.2) is 0 Å². The van der Waals surface area contributed by atoms with Gasteiger partial charge < -0.3 is 0 Å². The van der Waals surface area contributed by atoms with E-state index in [1.165, 1.54) is 0 Å². The van der Waals surface area contributed by atoms with Crippen LogP contribution in [0.4, 0.5) is 9.59 Å². The maximum absolute atomic E-state index is 11.1. The Labute approximate surface area is 137 Å². The summed E-state index contributed by atoms with van der Waals surface area (Å²) < 4.78 is 11.0. The molecule has 1 rings (SSSR count). The third-order valence-electron chi connectivity index (χ3n) is 2.94. The van der Waals surface area contributed by atoms with Crippen LogP contribution >= 0.6 is 0 Å². The summed E-state index contributed by atoms with van der Waals surface area (Å²) >= 11 is -2.53. The molecule has 1 unspecified atom stereocenters. The van der Waals surface area contributed by atoms with Gasteiger partial charge in [-0.05, 0) is 0 Å². The molecule has 0 fully saturated rings. The van der Waals surface area contributed by atoms with E-state index in [0.29, 0.717) is 6.42 Å². The fraction of sp³-hybridized carbons (Fsp3) is 0.429. The number of benzene rings is 1.